The van der Waals surface area contributed by atoms with Gasteiger partial charge in [0, 0.05) is 28.0 Å². The number of halogens is 4. The summed E-state index contributed by atoms with van der Waals surface area (Å²) in [6.45, 7) is 0. The van der Waals surface area contributed by atoms with Gasteiger partial charge in [-0.25, -0.2) is 0 Å². The maximum Gasteiger partial charge on any atom is 0.416 e. The standard InChI is InChI=1S/C13H12BrF3N2S/c1-18-12(5-9-6-19-7-20-9)10-4-8(13(15,16)17)2-3-11(10)14/h2-4,6-7,12,18H,5H2,1H3. The second-order valence-electron chi connectivity index (χ2n) is 4.25. The van der Waals surface area contributed by atoms with Crippen molar-refractivity contribution in [2.24, 2.45) is 0 Å². The fraction of sp³-hybridized carbons (Fsp3) is 0.308. The summed E-state index contributed by atoms with van der Waals surface area (Å²) in [5.41, 5.74) is 1.67. The zero-order valence-corrected chi connectivity index (χ0v) is 12.9. The van der Waals surface area contributed by atoms with E-state index in [1.54, 1.807) is 18.8 Å². The van der Waals surface area contributed by atoms with Gasteiger partial charge in [-0.3, -0.25) is 4.98 Å². The molecule has 2 nitrogen and oxygen atoms in total. The van der Waals surface area contributed by atoms with Crippen molar-refractivity contribution in [2.45, 2.75) is 18.6 Å². The number of thiazole rings is 1. The number of alkyl halides is 3. The molecule has 0 radical (unpaired) electrons. The maximum atomic E-state index is 12.8. The van der Waals surface area contributed by atoms with Crippen LogP contribution >= 0.6 is 27.3 Å². The van der Waals surface area contributed by atoms with Gasteiger partial charge >= 0.3 is 6.18 Å². The Morgan fingerprint density at radius 2 is 2.15 bits per heavy atom. The Labute approximate surface area is 127 Å². The van der Waals surface area contributed by atoms with Gasteiger partial charge in [-0.1, -0.05) is 15.9 Å². The van der Waals surface area contributed by atoms with Crippen LogP contribution in [0.2, 0.25) is 0 Å². The van der Waals surface area contributed by atoms with Gasteiger partial charge in [-0.15, -0.1) is 11.3 Å². The van der Waals surface area contributed by atoms with E-state index in [1.165, 1.54) is 23.5 Å². The van der Waals surface area contributed by atoms with Gasteiger partial charge < -0.3 is 5.32 Å². The average molecular weight is 365 g/mol. The van der Waals surface area contributed by atoms with Gasteiger partial charge in [-0.2, -0.15) is 13.2 Å². The number of likely N-dealkylation sites (N-methyl/N-ethyl adjacent to an activating group) is 1. The van der Waals surface area contributed by atoms with E-state index in [4.69, 9.17) is 0 Å². The molecule has 7 heteroatoms. The molecule has 0 saturated heterocycles. The number of aromatic nitrogens is 1. The molecule has 0 amide bonds. The molecule has 1 atom stereocenters. The monoisotopic (exact) mass is 364 g/mol. The molecule has 1 N–H and O–H groups in total. The topological polar surface area (TPSA) is 24.9 Å². The summed E-state index contributed by atoms with van der Waals surface area (Å²) in [7, 11) is 1.73. The van der Waals surface area contributed by atoms with Gasteiger partial charge in [0.1, 0.15) is 0 Å². The Morgan fingerprint density at radius 3 is 2.70 bits per heavy atom. The average Bonchev–Trinajstić information content (AvgIpc) is 2.88. The van der Waals surface area contributed by atoms with E-state index >= 15 is 0 Å². The van der Waals surface area contributed by atoms with Crippen LogP contribution in [0.25, 0.3) is 0 Å². The largest absolute Gasteiger partial charge is 0.416 e. The van der Waals surface area contributed by atoms with Crippen LogP contribution in [0.15, 0.2) is 34.4 Å². The smallest absolute Gasteiger partial charge is 0.313 e. The molecule has 0 fully saturated rings. The van der Waals surface area contributed by atoms with Gasteiger partial charge in [0.05, 0.1) is 11.1 Å². The molecule has 108 valence electrons. The molecule has 0 spiro atoms. The molecular formula is C13H12BrF3N2S. The summed E-state index contributed by atoms with van der Waals surface area (Å²) in [5.74, 6) is 0. The molecule has 0 saturated carbocycles. The minimum atomic E-state index is -4.34. The van der Waals surface area contributed by atoms with Gasteiger partial charge in [0.25, 0.3) is 0 Å². The van der Waals surface area contributed by atoms with E-state index in [-0.39, 0.29) is 6.04 Å². The fourth-order valence-electron chi connectivity index (χ4n) is 1.90. The molecule has 1 heterocycles. The lowest BCUT2D eigenvalue weighted by atomic mass is 10.0. The molecule has 2 rings (SSSR count). The van der Waals surface area contributed by atoms with Crippen molar-refractivity contribution >= 4 is 27.3 Å². The Hall–Kier alpha value is -0.920. The zero-order chi connectivity index (χ0) is 14.8. The van der Waals surface area contributed by atoms with E-state index in [9.17, 15) is 13.2 Å². The Kier molecular flexibility index (Phi) is 4.82. The molecule has 1 aromatic carbocycles. The predicted molar refractivity (Wildman–Crippen MR) is 76.8 cm³/mol. The van der Waals surface area contributed by atoms with Crippen molar-refractivity contribution in [3.05, 3.63) is 50.4 Å². The fourth-order valence-corrected chi connectivity index (χ4v) is 3.06. The van der Waals surface area contributed by atoms with E-state index in [1.807, 2.05) is 0 Å². The van der Waals surface area contributed by atoms with Gasteiger partial charge in [-0.05, 0) is 30.8 Å². The van der Waals surface area contributed by atoms with Crippen LogP contribution in [-0.2, 0) is 12.6 Å². The summed E-state index contributed by atoms with van der Waals surface area (Å²) in [6.07, 6.45) is -2.00. The zero-order valence-electron chi connectivity index (χ0n) is 10.5. The summed E-state index contributed by atoms with van der Waals surface area (Å²) >= 11 is 4.81. The lowest BCUT2D eigenvalue weighted by Crippen LogP contribution is -2.20. The van der Waals surface area contributed by atoms with Crippen LogP contribution in [0, 0.1) is 0 Å². The van der Waals surface area contributed by atoms with Crippen LogP contribution in [0.1, 0.15) is 22.0 Å². The first-order valence-electron chi connectivity index (χ1n) is 5.83. The van der Waals surface area contributed by atoms with E-state index < -0.39 is 11.7 Å². The van der Waals surface area contributed by atoms with Crippen LogP contribution in [0.5, 0.6) is 0 Å². The molecule has 0 aliphatic heterocycles. The van der Waals surface area contributed by atoms with Crippen molar-refractivity contribution in [1.82, 2.24) is 10.3 Å². The number of hydrogen-bond donors (Lipinski definition) is 1. The summed E-state index contributed by atoms with van der Waals surface area (Å²) in [4.78, 5) is 5.00. The first-order chi connectivity index (χ1) is 9.41. The Morgan fingerprint density at radius 1 is 1.40 bits per heavy atom. The molecule has 0 bridgehead atoms. The SMILES string of the molecule is CNC(Cc1cncs1)c1cc(C(F)(F)F)ccc1Br. The highest BCUT2D eigenvalue weighted by atomic mass is 79.9. The summed E-state index contributed by atoms with van der Waals surface area (Å²) in [5, 5.41) is 3.06. The normalized spacial score (nSPS) is 13.4. The number of rotatable bonds is 4. The lowest BCUT2D eigenvalue weighted by molar-refractivity contribution is -0.137. The van der Waals surface area contributed by atoms with Gasteiger partial charge in [0.2, 0.25) is 0 Å². The first-order valence-corrected chi connectivity index (χ1v) is 7.50. The Balaban J connectivity index is 2.33. The summed E-state index contributed by atoms with van der Waals surface area (Å²) < 4.78 is 39.1. The van der Waals surface area contributed by atoms with Gasteiger partial charge in [0.15, 0.2) is 0 Å². The first kappa shape index (κ1) is 15.5. The van der Waals surface area contributed by atoms with Crippen molar-refractivity contribution in [3.63, 3.8) is 0 Å². The molecule has 20 heavy (non-hydrogen) atoms. The van der Waals surface area contributed by atoms with Crippen molar-refractivity contribution in [2.75, 3.05) is 7.05 Å². The minimum Gasteiger partial charge on any atom is -0.313 e. The van der Waals surface area contributed by atoms with Crippen LogP contribution < -0.4 is 5.32 Å². The molecule has 2 aromatic rings. The lowest BCUT2D eigenvalue weighted by Gasteiger charge is -2.19. The number of benzene rings is 1. The third-order valence-electron chi connectivity index (χ3n) is 2.94. The van der Waals surface area contributed by atoms with E-state index in [2.05, 4.69) is 26.2 Å². The van der Waals surface area contributed by atoms with Crippen LogP contribution in [0.4, 0.5) is 13.2 Å². The van der Waals surface area contributed by atoms with E-state index in [0.29, 0.717) is 16.5 Å². The molecule has 1 aromatic heterocycles. The third kappa shape index (κ3) is 3.59. The predicted octanol–water partition coefficient (Wildman–Crippen LogP) is 4.43. The molecular weight excluding hydrogens is 353 g/mol. The molecule has 0 aliphatic rings. The van der Waals surface area contributed by atoms with Crippen LogP contribution in [-0.4, -0.2) is 12.0 Å². The second-order valence-corrected chi connectivity index (χ2v) is 6.07. The van der Waals surface area contributed by atoms with Crippen molar-refractivity contribution < 1.29 is 13.2 Å². The van der Waals surface area contributed by atoms with Crippen molar-refractivity contribution in [3.8, 4) is 0 Å². The highest BCUT2D eigenvalue weighted by Crippen LogP contribution is 2.34. The Bertz CT molecular complexity index is 569. The van der Waals surface area contributed by atoms with Crippen molar-refractivity contribution in [1.29, 1.82) is 0 Å². The number of nitrogens with one attached hydrogen (secondary N) is 1. The number of hydrogen-bond acceptors (Lipinski definition) is 3. The van der Waals surface area contributed by atoms with E-state index in [0.717, 1.165) is 10.9 Å². The quantitative estimate of drug-likeness (QED) is 0.867. The highest BCUT2D eigenvalue weighted by Gasteiger charge is 2.31. The number of nitrogens with zero attached hydrogens (tertiary/aromatic N) is 1. The van der Waals surface area contributed by atoms with Crippen LogP contribution in [0.3, 0.4) is 0 Å². The molecule has 0 aliphatic carbocycles. The highest BCUT2D eigenvalue weighted by molar-refractivity contribution is 9.10. The minimum absolute atomic E-state index is 0.202. The molecule has 1 unspecified atom stereocenters. The second kappa shape index (κ2) is 6.24. The maximum absolute atomic E-state index is 12.8. The summed E-state index contributed by atoms with van der Waals surface area (Å²) in [6, 6.07) is 3.50. The third-order valence-corrected chi connectivity index (χ3v) is 4.46.